The minimum Gasteiger partial charge on any atom is -0.373 e. The SMILES string of the molecule is CC(C)SCC(N)CC1OCCc2ccccc21. The van der Waals surface area contributed by atoms with Gasteiger partial charge < -0.3 is 10.5 Å². The third kappa shape index (κ3) is 3.74. The summed E-state index contributed by atoms with van der Waals surface area (Å²) in [4.78, 5) is 0. The molecule has 0 aliphatic carbocycles. The average molecular weight is 265 g/mol. The summed E-state index contributed by atoms with van der Waals surface area (Å²) in [5.41, 5.74) is 8.98. The summed E-state index contributed by atoms with van der Waals surface area (Å²) in [7, 11) is 0. The van der Waals surface area contributed by atoms with Gasteiger partial charge in [0, 0.05) is 11.8 Å². The van der Waals surface area contributed by atoms with Crippen LogP contribution in [0.5, 0.6) is 0 Å². The van der Waals surface area contributed by atoms with Gasteiger partial charge in [-0.1, -0.05) is 38.1 Å². The molecular weight excluding hydrogens is 242 g/mol. The van der Waals surface area contributed by atoms with Gasteiger partial charge in [0.1, 0.15) is 0 Å². The lowest BCUT2D eigenvalue weighted by atomic mass is 9.94. The average Bonchev–Trinajstić information content (AvgIpc) is 2.37. The highest BCUT2D eigenvalue weighted by Crippen LogP contribution is 2.30. The van der Waals surface area contributed by atoms with Gasteiger partial charge in [-0.3, -0.25) is 0 Å². The smallest absolute Gasteiger partial charge is 0.0842 e. The zero-order valence-corrected chi connectivity index (χ0v) is 12.1. The van der Waals surface area contributed by atoms with Crippen LogP contribution in [0.3, 0.4) is 0 Å². The van der Waals surface area contributed by atoms with E-state index in [4.69, 9.17) is 10.5 Å². The van der Waals surface area contributed by atoms with Crippen molar-refractivity contribution in [2.24, 2.45) is 5.73 Å². The van der Waals surface area contributed by atoms with Crippen LogP contribution in [0.15, 0.2) is 24.3 Å². The molecule has 0 spiro atoms. The molecule has 2 N–H and O–H groups in total. The lowest BCUT2D eigenvalue weighted by Crippen LogP contribution is -2.29. The van der Waals surface area contributed by atoms with Crippen molar-refractivity contribution in [1.82, 2.24) is 0 Å². The first-order valence-corrected chi connectivity index (χ1v) is 7.78. The molecule has 2 rings (SSSR count). The number of fused-ring (bicyclic) bond motifs is 1. The molecule has 18 heavy (non-hydrogen) atoms. The molecule has 100 valence electrons. The second-order valence-electron chi connectivity index (χ2n) is 5.19. The minimum absolute atomic E-state index is 0.192. The van der Waals surface area contributed by atoms with E-state index in [-0.39, 0.29) is 12.1 Å². The van der Waals surface area contributed by atoms with E-state index in [0.717, 1.165) is 25.2 Å². The summed E-state index contributed by atoms with van der Waals surface area (Å²) in [6.07, 6.45) is 2.15. The lowest BCUT2D eigenvalue weighted by Gasteiger charge is -2.28. The molecule has 0 saturated carbocycles. The lowest BCUT2D eigenvalue weighted by molar-refractivity contribution is 0.0334. The summed E-state index contributed by atoms with van der Waals surface area (Å²) in [5, 5.41) is 0.649. The van der Waals surface area contributed by atoms with E-state index >= 15 is 0 Å². The van der Waals surface area contributed by atoms with Gasteiger partial charge in [-0.2, -0.15) is 11.8 Å². The standard InChI is InChI=1S/C15H23NOS/c1-11(2)18-10-13(16)9-15-14-6-4-3-5-12(14)7-8-17-15/h3-6,11,13,15H,7-10,16H2,1-2H3. The molecular formula is C15H23NOS. The van der Waals surface area contributed by atoms with E-state index in [1.165, 1.54) is 11.1 Å². The minimum atomic E-state index is 0.192. The quantitative estimate of drug-likeness (QED) is 0.888. The summed E-state index contributed by atoms with van der Waals surface area (Å²) in [6.45, 7) is 5.25. The van der Waals surface area contributed by atoms with Gasteiger partial charge in [0.25, 0.3) is 0 Å². The van der Waals surface area contributed by atoms with Crippen LogP contribution in [-0.2, 0) is 11.2 Å². The third-order valence-electron chi connectivity index (χ3n) is 3.25. The molecule has 1 heterocycles. The zero-order valence-electron chi connectivity index (χ0n) is 11.3. The van der Waals surface area contributed by atoms with Gasteiger partial charge in [0.15, 0.2) is 0 Å². The van der Waals surface area contributed by atoms with Gasteiger partial charge >= 0.3 is 0 Å². The third-order valence-corrected chi connectivity index (χ3v) is 4.54. The fourth-order valence-electron chi connectivity index (χ4n) is 2.33. The second kappa shape index (κ2) is 6.60. The number of thioether (sulfide) groups is 1. The summed E-state index contributed by atoms with van der Waals surface area (Å²) < 4.78 is 5.89. The molecule has 0 saturated heterocycles. The first-order valence-electron chi connectivity index (χ1n) is 6.73. The van der Waals surface area contributed by atoms with E-state index in [1.54, 1.807) is 0 Å². The van der Waals surface area contributed by atoms with Crippen LogP contribution < -0.4 is 5.73 Å². The van der Waals surface area contributed by atoms with Crippen molar-refractivity contribution < 1.29 is 4.74 Å². The first-order chi connectivity index (χ1) is 8.66. The number of benzene rings is 1. The molecule has 0 bridgehead atoms. The molecule has 2 unspecified atom stereocenters. The van der Waals surface area contributed by atoms with Crippen molar-refractivity contribution in [2.45, 2.75) is 44.1 Å². The van der Waals surface area contributed by atoms with Crippen molar-refractivity contribution in [3.8, 4) is 0 Å². The van der Waals surface area contributed by atoms with Crippen molar-refractivity contribution in [2.75, 3.05) is 12.4 Å². The molecule has 2 atom stereocenters. The maximum absolute atomic E-state index is 6.21. The number of rotatable bonds is 5. The van der Waals surface area contributed by atoms with Gasteiger partial charge in [-0.25, -0.2) is 0 Å². The Hall–Kier alpha value is -0.510. The second-order valence-corrected chi connectivity index (χ2v) is 6.80. The Bertz CT molecular complexity index is 381. The van der Waals surface area contributed by atoms with E-state index in [9.17, 15) is 0 Å². The van der Waals surface area contributed by atoms with Crippen molar-refractivity contribution in [3.63, 3.8) is 0 Å². The van der Waals surface area contributed by atoms with E-state index < -0.39 is 0 Å². The van der Waals surface area contributed by atoms with Crippen LogP contribution in [0.1, 0.15) is 37.5 Å². The Balaban J connectivity index is 1.94. The van der Waals surface area contributed by atoms with Gasteiger partial charge in [0.2, 0.25) is 0 Å². The van der Waals surface area contributed by atoms with E-state index in [0.29, 0.717) is 5.25 Å². The molecule has 1 aliphatic heterocycles. The van der Waals surface area contributed by atoms with Crippen molar-refractivity contribution in [1.29, 1.82) is 0 Å². The predicted molar refractivity (Wildman–Crippen MR) is 79.0 cm³/mol. The number of hydrogen-bond donors (Lipinski definition) is 1. The number of nitrogens with two attached hydrogens (primary N) is 1. The fraction of sp³-hybridized carbons (Fsp3) is 0.600. The Morgan fingerprint density at radius 1 is 1.39 bits per heavy atom. The Labute approximate surface area is 114 Å². The maximum Gasteiger partial charge on any atom is 0.0842 e. The fourth-order valence-corrected chi connectivity index (χ4v) is 3.10. The molecule has 0 radical (unpaired) electrons. The molecule has 3 heteroatoms. The zero-order chi connectivity index (χ0) is 13.0. The topological polar surface area (TPSA) is 35.2 Å². The van der Waals surface area contributed by atoms with Crippen molar-refractivity contribution >= 4 is 11.8 Å². The molecule has 1 aromatic rings. The molecule has 2 nitrogen and oxygen atoms in total. The molecule has 0 aromatic heterocycles. The summed E-state index contributed by atoms with van der Waals surface area (Å²) in [6, 6.07) is 8.80. The van der Waals surface area contributed by atoms with Crippen LogP contribution in [0, 0.1) is 0 Å². The van der Waals surface area contributed by atoms with Gasteiger partial charge in [-0.15, -0.1) is 0 Å². The molecule has 1 aliphatic rings. The summed E-state index contributed by atoms with van der Waals surface area (Å²) >= 11 is 1.93. The molecule has 1 aromatic carbocycles. The molecule has 0 fully saturated rings. The maximum atomic E-state index is 6.21. The van der Waals surface area contributed by atoms with Gasteiger partial charge in [0.05, 0.1) is 12.7 Å². The van der Waals surface area contributed by atoms with Crippen molar-refractivity contribution in [3.05, 3.63) is 35.4 Å². The highest BCUT2D eigenvalue weighted by molar-refractivity contribution is 7.99. The summed E-state index contributed by atoms with van der Waals surface area (Å²) in [5.74, 6) is 1.01. The van der Waals surface area contributed by atoms with Crippen LogP contribution in [0.25, 0.3) is 0 Å². The monoisotopic (exact) mass is 265 g/mol. The number of ether oxygens (including phenoxy) is 1. The van der Waals surface area contributed by atoms with Gasteiger partial charge in [-0.05, 0) is 29.2 Å². The predicted octanol–water partition coefficient (Wildman–Crippen LogP) is 3.16. The van der Waals surface area contributed by atoms with E-state index in [1.807, 2.05) is 11.8 Å². The first kappa shape index (κ1) is 13.9. The highest BCUT2D eigenvalue weighted by Gasteiger charge is 2.22. The van der Waals surface area contributed by atoms with Crippen LogP contribution >= 0.6 is 11.8 Å². The molecule has 0 amide bonds. The largest absolute Gasteiger partial charge is 0.373 e. The van der Waals surface area contributed by atoms with Crippen LogP contribution in [-0.4, -0.2) is 23.7 Å². The van der Waals surface area contributed by atoms with Crippen LogP contribution in [0.4, 0.5) is 0 Å². The Morgan fingerprint density at radius 2 is 2.17 bits per heavy atom. The van der Waals surface area contributed by atoms with E-state index in [2.05, 4.69) is 38.1 Å². The van der Waals surface area contributed by atoms with Crippen LogP contribution in [0.2, 0.25) is 0 Å². The number of hydrogen-bond acceptors (Lipinski definition) is 3. The Morgan fingerprint density at radius 3 is 2.94 bits per heavy atom. The highest BCUT2D eigenvalue weighted by atomic mass is 32.2. The Kier molecular flexibility index (Phi) is 5.10. The normalized spacial score (nSPS) is 20.8.